The molecule has 84 valence electrons. The number of para-hydroxylation sites is 1. The van der Waals surface area contributed by atoms with Crippen LogP contribution in [0.1, 0.15) is 5.56 Å². The molecule has 0 amide bonds. The van der Waals surface area contributed by atoms with E-state index in [1.165, 1.54) is 6.20 Å². The molecule has 0 bridgehead atoms. The summed E-state index contributed by atoms with van der Waals surface area (Å²) in [4.78, 5) is 15.4. The third kappa shape index (κ3) is 1.63. The number of benzene rings is 1. The number of carboxylic acids is 1. The molecule has 4 heteroatoms. The molecule has 2 heterocycles. The number of hydrogen-bond acceptors (Lipinski definition) is 3. The van der Waals surface area contributed by atoms with Crippen LogP contribution in [0, 0.1) is 0 Å². The highest BCUT2D eigenvalue weighted by Crippen LogP contribution is 2.26. The average molecular weight is 226 g/mol. The van der Waals surface area contributed by atoms with Crippen molar-refractivity contribution in [2.45, 2.75) is 6.42 Å². The average Bonchev–Trinajstić information content (AvgIpc) is 2.35. The molecule has 1 aliphatic heterocycles. The largest absolute Gasteiger partial charge is 0.478 e. The lowest BCUT2D eigenvalue weighted by Gasteiger charge is -2.15. The third-order valence-corrected chi connectivity index (χ3v) is 2.84. The van der Waals surface area contributed by atoms with Crippen LogP contribution in [-0.4, -0.2) is 16.1 Å². The van der Waals surface area contributed by atoms with E-state index in [2.05, 4.69) is 10.3 Å². The van der Waals surface area contributed by atoms with Crippen LogP contribution in [-0.2, 0) is 11.2 Å². The topological polar surface area (TPSA) is 62.2 Å². The molecule has 3 rings (SSSR count). The molecular weight excluding hydrogens is 216 g/mol. The van der Waals surface area contributed by atoms with E-state index < -0.39 is 5.97 Å². The van der Waals surface area contributed by atoms with Crippen molar-refractivity contribution in [1.82, 2.24) is 4.98 Å². The number of rotatable bonds is 1. The van der Waals surface area contributed by atoms with Gasteiger partial charge in [-0.2, -0.15) is 0 Å². The summed E-state index contributed by atoms with van der Waals surface area (Å²) in [7, 11) is 0. The predicted molar refractivity (Wildman–Crippen MR) is 64.8 cm³/mol. The second-order valence-electron chi connectivity index (χ2n) is 3.98. The number of anilines is 1. The summed E-state index contributed by atoms with van der Waals surface area (Å²) in [5, 5.41) is 12.9. The van der Waals surface area contributed by atoms with Gasteiger partial charge in [-0.25, -0.2) is 9.78 Å². The van der Waals surface area contributed by atoms with Gasteiger partial charge >= 0.3 is 5.97 Å². The van der Waals surface area contributed by atoms with E-state index in [0.29, 0.717) is 12.0 Å². The maximum atomic E-state index is 10.9. The van der Waals surface area contributed by atoms with Gasteiger partial charge in [0, 0.05) is 23.6 Å². The second kappa shape index (κ2) is 3.59. The molecule has 0 fully saturated rings. The quantitative estimate of drug-likeness (QED) is 0.782. The van der Waals surface area contributed by atoms with E-state index in [0.717, 1.165) is 22.3 Å². The first kappa shape index (κ1) is 9.84. The Morgan fingerprint density at radius 3 is 3.00 bits per heavy atom. The SMILES string of the molecule is O=C(O)C1=CNc2nc3ccccc3cc2C1. The zero-order valence-electron chi connectivity index (χ0n) is 8.97. The highest BCUT2D eigenvalue weighted by Gasteiger charge is 2.17. The van der Waals surface area contributed by atoms with Crippen LogP contribution in [0.25, 0.3) is 10.9 Å². The Hall–Kier alpha value is -2.36. The smallest absolute Gasteiger partial charge is 0.333 e. The Morgan fingerprint density at radius 2 is 2.18 bits per heavy atom. The van der Waals surface area contributed by atoms with Crippen molar-refractivity contribution >= 4 is 22.7 Å². The van der Waals surface area contributed by atoms with E-state index in [-0.39, 0.29) is 0 Å². The minimum Gasteiger partial charge on any atom is -0.478 e. The summed E-state index contributed by atoms with van der Waals surface area (Å²) in [5.41, 5.74) is 2.18. The van der Waals surface area contributed by atoms with Gasteiger partial charge in [0.15, 0.2) is 0 Å². The first-order valence-electron chi connectivity index (χ1n) is 5.31. The lowest BCUT2D eigenvalue weighted by atomic mass is 10.0. The Bertz CT molecular complexity index is 647. The van der Waals surface area contributed by atoms with Gasteiger partial charge in [0.2, 0.25) is 0 Å². The van der Waals surface area contributed by atoms with Gasteiger partial charge in [0.05, 0.1) is 11.1 Å². The van der Waals surface area contributed by atoms with Crippen molar-refractivity contribution < 1.29 is 9.90 Å². The molecule has 0 unspecified atom stereocenters. The minimum absolute atomic E-state index is 0.356. The van der Waals surface area contributed by atoms with Crippen LogP contribution in [0.5, 0.6) is 0 Å². The number of fused-ring (bicyclic) bond motifs is 2. The molecule has 0 aliphatic carbocycles. The summed E-state index contributed by atoms with van der Waals surface area (Å²) in [6.45, 7) is 0. The van der Waals surface area contributed by atoms with Crippen molar-refractivity contribution in [3.05, 3.63) is 47.7 Å². The van der Waals surface area contributed by atoms with Gasteiger partial charge in [-0.1, -0.05) is 18.2 Å². The highest BCUT2D eigenvalue weighted by atomic mass is 16.4. The van der Waals surface area contributed by atoms with Crippen LogP contribution >= 0.6 is 0 Å². The number of aromatic nitrogens is 1. The molecule has 0 radical (unpaired) electrons. The lowest BCUT2D eigenvalue weighted by molar-refractivity contribution is -0.132. The minimum atomic E-state index is -0.892. The van der Waals surface area contributed by atoms with Gasteiger partial charge in [-0.3, -0.25) is 0 Å². The van der Waals surface area contributed by atoms with Gasteiger partial charge in [0.1, 0.15) is 5.82 Å². The molecular formula is C13H10N2O2. The first-order chi connectivity index (χ1) is 8.24. The normalized spacial score (nSPS) is 13.8. The second-order valence-corrected chi connectivity index (χ2v) is 3.98. The van der Waals surface area contributed by atoms with E-state index in [4.69, 9.17) is 5.11 Å². The van der Waals surface area contributed by atoms with E-state index >= 15 is 0 Å². The summed E-state index contributed by atoms with van der Waals surface area (Å²) in [6, 6.07) is 9.78. The van der Waals surface area contributed by atoms with E-state index in [9.17, 15) is 4.79 Å². The zero-order valence-corrected chi connectivity index (χ0v) is 8.97. The predicted octanol–water partition coefficient (Wildman–Crippen LogP) is 2.17. The van der Waals surface area contributed by atoms with E-state index in [1.54, 1.807) is 0 Å². The molecule has 0 saturated carbocycles. The van der Waals surface area contributed by atoms with Crippen molar-refractivity contribution in [3.63, 3.8) is 0 Å². The molecule has 0 atom stereocenters. The van der Waals surface area contributed by atoms with Gasteiger partial charge in [-0.15, -0.1) is 0 Å². The Labute approximate surface area is 97.6 Å². The zero-order chi connectivity index (χ0) is 11.8. The Morgan fingerprint density at radius 1 is 1.35 bits per heavy atom. The van der Waals surface area contributed by atoms with E-state index in [1.807, 2.05) is 30.3 Å². The van der Waals surface area contributed by atoms with Crippen LogP contribution < -0.4 is 5.32 Å². The summed E-state index contributed by atoms with van der Waals surface area (Å²) in [6.07, 6.45) is 1.92. The number of nitrogens with one attached hydrogen (secondary N) is 1. The maximum absolute atomic E-state index is 10.9. The summed E-state index contributed by atoms with van der Waals surface area (Å²) in [5.74, 6) is -0.148. The standard InChI is InChI=1S/C13H10N2O2/c16-13(17)10-6-9-5-8-3-1-2-4-11(8)15-12(9)14-7-10/h1-5,7H,6H2,(H,14,15)(H,16,17). The summed E-state index contributed by atoms with van der Waals surface area (Å²) >= 11 is 0. The number of hydrogen-bond donors (Lipinski definition) is 2. The number of aliphatic carboxylic acids is 1. The first-order valence-corrected chi connectivity index (χ1v) is 5.31. The fourth-order valence-electron chi connectivity index (χ4n) is 1.97. The van der Waals surface area contributed by atoms with Crippen LogP contribution in [0.15, 0.2) is 42.1 Å². The number of pyridine rings is 1. The monoisotopic (exact) mass is 226 g/mol. The van der Waals surface area contributed by atoms with Crippen LogP contribution in [0.4, 0.5) is 5.82 Å². The van der Waals surface area contributed by atoms with Gasteiger partial charge in [-0.05, 0) is 12.1 Å². The molecule has 0 spiro atoms. The number of carboxylic acid groups (broad SMARTS) is 1. The summed E-state index contributed by atoms with van der Waals surface area (Å²) < 4.78 is 0. The van der Waals surface area contributed by atoms with Crippen LogP contribution in [0.3, 0.4) is 0 Å². The molecule has 1 aliphatic rings. The number of carbonyl (C=O) groups is 1. The molecule has 1 aromatic heterocycles. The van der Waals surface area contributed by atoms with Gasteiger partial charge < -0.3 is 10.4 Å². The maximum Gasteiger partial charge on any atom is 0.333 e. The molecule has 1 aromatic carbocycles. The molecule has 0 saturated heterocycles. The molecule has 17 heavy (non-hydrogen) atoms. The fraction of sp³-hybridized carbons (Fsp3) is 0.0769. The number of nitrogens with zero attached hydrogens (tertiary/aromatic N) is 1. The molecule has 4 nitrogen and oxygen atoms in total. The van der Waals surface area contributed by atoms with Gasteiger partial charge in [0.25, 0.3) is 0 Å². The Kier molecular flexibility index (Phi) is 2.08. The van der Waals surface area contributed by atoms with Crippen molar-refractivity contribution in [1.29, 1.82) is 0 Å². The van der Waals surface area contributed by atoms with Crippen molar-refractivity contribution in [2.24, 2.45) is 0 Å². The third-order valence-electron chi connectivity index (χ3n) is 2.84. The molecule has 2 aromatic rings. The fourth-order valence-corrected chi connectivity index (χ4v) is 1.97. The highest BCUT2D eigenvalue weighted by molar-refractivity contribution is 5.90. The lowest BCUT2D eigenvalue weighted by Crippen LogP contribution is -2.13. The molecule has 2 N–H and O–H groups in total. The van der Waals surface area contributed by atoms with Crippen molar-refractivity contribution in [3.8, 4) is 0 Å². The van der Waals surface area contributed by atoms with Crippen molar-refractivity contribution in [2.75, 3.05) is 5.32 Å². The van der Waals surface area contributed by atoms with Crippen LogP contribution in [0.2, 0.25) is 0 Å². The Balaban J connectivity index is 2.12.